The predicted octanol–water partition coefficient (Wildman–Crippen LogP) is 0.592. The average molecular weight is 198 g/mol. The number of aromatic hydroxyl groups is 2. The van der Waals surface area contributed by atoms with Gasteiger partial charge in [0.2, 0.25) is 5.75 Å². The molecule has 0 fully saturated rings. The van der Waals surface area contributed by atoms with Crippen LogP contribution < -0.4 is 4.57 Å². The lowest BCUT2D eigenvalue weighted by atomic mass is 10.1. The molecule has 0 radical (unpaired) electrons. The molecule has 0 aromatic carbocycles. The van der Waals surface area contributed by atoms with Crippen LogP contribution in [-0.2, 0) is 7.05 Å². The fraction of sp³-hybridized carbons (Fsp3) is 0.500. The number of aliphatic hydroxyl groups excluding tert-OH is 1. The number of hydrogen-bond donors (Lipinski definition) is 3. The van der Waals surface area contributed by atoms with Crippen LogP contribution in [0.4, 0.5) is 0 Å². The van der Waals surface area contributed by atoms with Crippen LogP contribution in [0.5, 0.6) is 11.5 Å². The number of aliphatic hydroxyl groups is 1. The Morgan fingerprint density at radius 3 is 2.07 bits per heavy atom. The highest BCUT2D eigenvalue weighted by molar-refractivity contribution is 5.46. The molecular weight excluding hydrogens is 182 g/mol. The molecule has 0 saturated carbocycles. The third kappa shape index (κ3) is 1.42. The summed E-state index contributed by atoms with van der Waals surface area (Å²) in [5.74, 6) is -0.401. The first-order valence-corrected chi connectivity index (χ1v) is 4.47. The number of aromatic nitrogens is 1. The third-order valence-electron chi connectivity index (χ3n) is 2.63. The van der Waals surface area contributed by atoms with E-state index in [9.17, 15) is 15.3 Å². The lowest BCUT2D eigenvalue weighted by Gasteiger charge is -2.11. The van der Waals surface area contributed by atoms with Gasteiger partial charge in [0, 0.05) is 6.92 Å². The number of rotatable bonds is 1. The smallest absolute Gasteiger partial charge is 0.255 e. The van der Waals surface area contributed by atoms with E-state index in [1.165, 1.54) is 0 Å². The standard InChI is InChI=1S/C10H15NO3/c1-5-6(2)11(4)8(7(3)12)10(14)9(5)13/h7,12,14H,1-4H3/p+1. The van der Waals surface area contributed by atoms with Gasteiger partial charge in [0.1, 0.15) is 13.2 Å². The summed E-state index contributed by atoms with van der Waals surface area (Å²) in [6, 6.07) is 0. The van der Waals surface area contributed by atoms with Crippen LogP contribution >= 0.6 is 0 Å². The molecule has 4 heteroatoms. The summed E-state index contributed by atoms with van der Waals surface area (Å²) in [5, 5.41) is 28.6. The Hall–Kier alpha value is -1.29. The quantitative estimate of drug-likeness (QED) is 0.579. The second-order valence-electron chi connectivity index (χ2n) is 3.53. The van der Waals surface area contributed by atoms with Gasteiger partial charge in [-0.25, -0.2) is 0 Å². The highest BCUT2D eigenvalue weighted by atomic mass is 16.3. The van der Waals surface area contributed by atoms with Gasteiger partial charge in [-0.15, -0.1) is 0 Å². The molecule has 0 aliphatic rings. The largest absolute Gasteiger partial charge is 0.504 e. The van der Waals surface area contributed by atoms with Gasteiger partial charge in [-0.1, -0.05) is 0 Å². The van der Waals surface area contributed by atoms with Gasteiger partial charge < -0.3 is 15.3 Å². The first-order valence-electron chi connectivity index (χ1n) is 4.47. The number of hydrogen-bond acceptors (Lipinski definition) is 3. The minimum absolute atomic E-state index is 0.156. The van der Waals surface area contributed by atoms with Crippen LogP contribution in [0.1, 0.15) is 30.0 Å². The lowest BCUT2D eigenvalue weighted by molar-refractivity contribution is -0.689. The second-order valence-corrected chi connectivity index (χ2v) is 3.53. The van der Waals surface area contributed by atoms with Crippen LogP contribution in [0.25, 0.3) is 0 Å². The molecule has 1 aromatic rings. The summed E-state index contributed by atoms with van der Waals surface area (Å²) in [4.78, 5) is 0. The summed E-state index contributed by atoms with van der Waals surface area (Å²) in [7, 11) is 1.74. The molecule has 14 heavy (non-hydrogen) atoms. The lowest BCUT2D eigenvalue weighted by Crippen LogP contribution is -2.38. The Labute approximate surface area is 83.1 Å². The molecule has 0 saturated heterocycles. The van der Waals surface area contributed by atoms with Gasteiger partial charge in [-0.05, 0) is 13.8 Å². The van der Waals surface area contributed by atoms with Crippen LogP contribution in [0.2, 0.25) is 0 Å². The third-order valence-corrected chi connectivity index (χ3v) is 2.63. The monoisotopic (exact) mass is 198 g/mol. The summed E-state index contributed by atoms with van der Waals surface area (Å²) in [6.07, 6.45) is -0.815. The zero-order valence-electron chi connectivity index (χ0n) is 8.87. The van der Waals surface area contributed by atoms with E-state index in [4.69, 9.17) is 0 Å². The fourth-order valence-electron chi connectivity index (χ4n) is 1.54. The van der Waals surface area contributed by atoms with Crippen molar-refractivity contribution in [1.82, 2.24) is 0 Å². The van der Waals surface area contributed by atoms with Crippen molar-refractivity contribution in [2.24, 2.45) is 7.05 Å². The summed E-state index contributed by atoms with van der Waals surface area (Å²) >= 11 is 0. The Morgan fingerprint density at radius 2 is 1.64 bits per heavy atom. The van der Waals surface area contributed by atoms with Crippen molar-refractivity contribution in [1.29, 1.82) is 0 Å². The molecule has 1 rings (SSSR count). The van der Waals surface area contributed by atoms with Crippen molar-refractivity contribution in [2.45, 2.75) is 26.9 Å². The maximum absolute atomic E-state index is 9.62. The molecule has 1 atom stereocenters. The van der Waals surface area contributed by atoms with E-state index in [1.807, 2.05) is 6.92 Å². The van der Waals surface area contributed by atoms with E-state index >= 15 is 0 Å². The summed E-state index contributed by atoms with van der Waals surface area (Å²) in [6.45, 7) is 5.08. The number of pyridine rings is 1. The topological polar surface area (TPSA) is 64.6 Å². The van der Waals surface area contributed by atoms with Crippen LogP contribution in [0.3, 0.4) is 0 Å². The van der Waals surface area contributed by atoms with E-state index in [1.54, 1.807) is 25.5 Å². The second kappa shape index (κ2) is 3.46. The van der Waals surface area contributed by atoms with Gasteiger partial charge in [0.25, 0.3) is 5.69 Å². The Bertz CT molecular complexity index is 343. The van der Waals surface area contributed by atoms with Crippen molar-refractivity contribution in [2.75, 3.05) is 0 Å². The highest BCUT2D eigenvalue weighted by Crippen LogP contribution is 2.33. The molecule has 4 nitrogen and oxygen atoms in total. The maximum atomic E-state index is 9.62. The molecule has 0 aliphatic heterocycles. The normalized spacial score (nSPS) is 12.9. The molecule has 3 N–H and O–H groups in total. The molecule has 0 amide bonds. The summed E-state index contributed by atoms with van der Waals surface area (Å²) in [5.41, 5.74) is 1.76. The molecule has 0 aliphatic carbocycles. The van der Waals surface area contributed by atoms with Crippen molar-refractivity contribution in [3.05, 3.63) is 17.0 Å². The van der Waals surface area contributed by atoms with Crippen LogP contribution in [0, 0.1) is 13.8 Å². The van der Waals surface area contributed by atoms with Gasteiger partial charge in [0.15, 0.2) is 11.4 Å². The van der Waals surface area contributed by atoms with E-state index < -0.39 is 6.10 Å². The Kier molecular flexibility index (Phi) is 2.66. The Morgan fingerprint density at radius 1 is 1.14 bits per heavy atom. The van der Waals surface area contributed by atoms with Crippen molar-refractivity contribution in [3.8, 4) is 11.5 Å². The molecular formula is C10H16NO3+. The van der Waals surface area contributed by atoms with E-state index in [2.05, 4.69) is 0 Å². The molecule has 0 bridgehead atoms. The average Bonchev–Trinajstić information content (AvgIpc) is 2.11. The molecule has 1 aromatic heterocycles. The van der Waals surface area contributed by atoms with Gasteiger partial charge in [-0.3, -0.25) is 0 Å². The highest BCUT2D eigenvalue weighted by Gasteiger charge is 2.27. The van der Waals surface area contributed by atoms with Gasteiger partial charge in [-0.2, -0.15) is 4.57 Å². The minimum Gasteiger partial charge on any atom is -0.504 e. The molecule has 1 heterocycles. The van der Waals surface area contributed by atoms with E-state index in [0.29, 0.717) is 11.3 Å². The minimum atomic E-state index is -0.815. The molecule has 1 unspecified atom stereocenters. The Balaban J connectivity index is 3.60. The molecule has 0 spiro atoms. The first-order chi connectivity index (χ1) is 6.37. The maximum Gasteiger partial charge on any atom is 0.255 e. The zero-order valence-corrected chi connectivity index (χ0v) is 8.87. The molecule has 78 valence electrons. The zero-order chi connectivity index (χ0) is 11.0. The van der Waals surface area contributed by atoms with E-state index in [0.717, 1.165) is 5.69 Å². The van der Waals surface area contributed by atoms with Gasteiger partial charge >= 0.3 is 0 Å². The summed E-state index contributed by atoms with van der Waals surface area (Å²) < 4.78 is 1.68. The van der Waals surface area contributed by atoms with Crippen molar-refractivity contribution < 1.29 is 19.9 Å². The SMILES string of the molecule is Cc1c(O)c(O)c(C(C)O)[n+](C)c1C. The van der Waals surface area contributed by atoms with Crippen LogP contribution in [-0.4, -0.2) is 15.3 Å². The van der Waals surface area contributed by atoms with Crippen LogP contribution in [0.15, 0.2) is 0 Å². The predicted molar refractivity (Wildman–Crippen MR) is 51.1 cm³/mol. The number of nitrogens with zero attached hydrogens (tertiary/aromatic N) is 1. The van der Waals surface area contributed by atoms with Crippen molar-refractivity contribution >= 4 is 0 Å². The van der Waals surface area contributed by atoms with Gasteiger partial charge in [0.05, 0.1) is 5.56 Å². The van der Waals surface area contributed by atoms with Crippen molar-refractivity contribution in [3.63, 3.8) is 0 Å². The van der Waals surface area contributed by atoms with E-state index in [-0.39, 0.29) is 11.5 Å². The first kappa shape index (κ1) is 10.8. The fourth-order valence-corrected chi connectivity index (χ4v) is 1.54.